The van der Waals surface area contributed by atoms with Crippen molar-refractivity contribution in [2.75, 3.05) is 19.6 Å². The van der Waals surface area contributed by atoms with Crippen LogP contribution >= 0.6 is 22.7 Å². The molecule has 2 aliphatic rings. The average molecular weight is 1440 g/mol. The van der Waals surface area contributed by atoms with Crippen LogP contribution in [0.1, 0.15) is 0 Å². The van der Waals surface area contributed by atoms with Crippen molar-refractivity contribution in [1.82, 2.24) is 29.1 Å². The molecule has 0 fully saturated rings. The van der Waals surface area contributed by atoms with Crippen LogP contribution in [-0.4, -0.2) is 29.1 Å². The van der Waals surface area contributed by atoms with Crippen LogP contribution in [0.2, 0.25) is 0 Å². The summed E-state index contributed by atoms with van der Waals surface area (Å²) in [6.07, 6.45) is 0. The number of hydrogen-bond donors (Lipinski definition) is 0. The summed E-state index contributed by atoms with van der Waals surface area (Å²) in [5.74, 6) is 1.34. The first-order valence-corrected chi connectivity index (χ1v) is 38.6. The monoisotopic (exact) mass is 1440 g/mol. The normalized spacial score (nSPS) is 12.7. The zero-order valence-corrected chi connectivity index (χ0v) is 60.6. The number of rotatable bonds is 10. The van der Waals surface area contributed by atoms with Crippen molar-refractivity contribution in [3.63, 3.8) is 0 Å². The zero-order chi connectivity index (χ0) is 72.1. The van der Waals surface area contributed by atoms with Crippen LogP contribution in [0.4, 0.5) is 68.8 Å². The Bertz CT molecular complexity index is 6950. The van der Waals surface area contributed by atoms with Crippen molar-refractivity contribution in [2.45, 2.75) is 0 Å². The minimum absolute atomic E-state index is 0.445. The van der Waals surface area contributed by atoms with Crippen LogP contribution < -0.4 is 19.6 Å². The van der Waals surface area contributed by atoms with E-state index in [1.54, 1.807) is 0 Å². The van der Waals surface area contributed by atoms with Gasteiger partial charge in [-0.3, -0.25) is 14.4 Å². The molecule has 0 aliphatic carbocycles. The number of fused-ring (bicyclic) bond motifs is 16. The second-order valence-corrected chi connectivity index (χ2v) is 30.3. The maximum Gasteiger partial charge on any atom is 0.241 e. The SMILES string of the molecule is c1ccc(-c2ccc3c(c2)c2cc4c(cc2n3-c2cc(-c3ccc5sc6ccccc6c5c3)nc(-c3ccc5sc6ccccc6c5c3)c2)c2cc(-c3ccccc3)ccc2n4-c2nc(N3c4ccccc4N(c4ccccc4)c4ccccc43)nc(N3c4ccccc4N(c4ccccc4)c4ccccc43)n2)cc1. The molecule has 0 spiro atoms. The molecule has 0 atom stereocenters. The molecule has 21 aromatic rings. The van der Waals surface area contributed by atoms with Gasteiger partial charge in [-0.2, -0.15) is 15.0 Å². The summed E-state index contributed by atoms with van der Waals surface area (Å²) in [6, 6.07) is 132. The predicted octanol–water partition coefficient (Wildman–Crippen LogP) is 27.4. The number of hydrogen-bond acceptors (Lipinski definition) is 10. The van der Waals surface area contributed by atoms with Crippen molar-refractivity contribution in [1.29, 1.82) is 0 Å². The van der Waals surface area contributed by atoms with Crippen LogP contribution in [-0.2, 0) is 0 Å². The fourth-order valence-corrected chi connectivity index (χ4v) is 19.2. The fraction of sp³-hybridized carbons (Fsp3) is 0. The molecule has 0 saturated carbocycles. The predicted molar refractivity (Wildman–Crippen MR) is 460 cm³/mol. The van der Waals surface area contributed by atoms with E-state index in [-0.39, 0.29) is 0 Å². The highest BCUT2D eigenvalue weighted by Gasteiger charge is 2.37. The van der Waals surface area contributed by atoms with Crippen LogP contribution in [0.25, 0.3) is 140 Å². The first kappa shape index (κ1) is 62.0. The lowest BCUT2D eigenvalue weighted by Crippen LogP contribution is -2.28. The third-order valence-corrected chi connectivity index (χ3v) is 24.3. The Kier molecular flexibility index (Phi) is 13.9. The van der Waals surface area contributed by atoms with Crippen LogP contribution in [0.5, 0.6) is 0 Å². The lowest BCUT2D eigenvalue weighted by Gasteiger charge is -2.40. The van der Waals surface area contributed by atoms with Crippen molar-refractivity contribution in [3.8, 4) is 56.4 Å². The standard InChI is InChI=1S/C98H60N10S2/c1-5-25-61(26-6-1)63-45-49-80-72(53-63)74-60-91-75(59-90(74)105(80)69-57-78(65-47-51-94-76(55-65)70-33-13-23-43-92(70)109-94)99-79(58-69)66-48-52-95-77(56-66)71-34-14-24-44-93(71)110-95)73-54-64(62-27-7-2-8-28-62)46-50-81(73)106(91)96-100-97(107-86-39-19-15-35-82(86)103(67-29-9-3-10-30-67)83-36-16-20-40-87(83)107)102-98(101-96)108-88-41-21-17-37-84(88)104(68-31-11-4-12-32-68)85-38-18-22-42-89(85)108/h1-60H. The van der Waals surface area contributed by atoms with Crippen molar-refractivity contribution >= 4 is 175 Å². The lowest BCUT2D eigenvalue weighted by molar-refractivity contribution is 0.910. The fourth-order valence-electron chi connectivity index (χ4n) is 17.0. The Morgan fingerprint density at radius 3 is 0.927 bits per heavy atom. The van der Waals surface area contributed by atoms with Crippen LogP contribution in [0.15, 0.2) is 364 Å². The Morgan fingerprint density at radius 2 is 0.500 bits per heavy atom. The zero-order valence-electron chi connectivity index (χ0n) is 58.9. The molecule has 8 heterocycles. The van der Waals surface area contributed by atoms with Gasteiger partial charge in [0.2, 0.25) is 17.8 Å². The van der Waals surface area contributed by atoms with Gasteiger partial charge in [0.25, 0.3) is 0 Å². The van der Waals surface area contributed by atoms with E-state index in [2.05, 4.69) is 393 Å². The van der Waals surface area contributed by atoms with E-state index in [0.29, 0.717) is 17.8 Å². The molecule has 514 valence electrons. The summed E-state index contributed by atoms with van der Waals surface area (Å²) in [5, 5.41) is 9.15. The molecule has 0 bridgehead atoms. The highest BCUT2D eigenvalue weighted by molar-refractivity contribution is 7.26. The lowest BCUT2D eigenvalue weighted by atomic mass is 10.0. The third kappa shape index (κ3) is 9.73. The molecule has 110 heavy (non-hydrogen) atoms. The van der Waals surface area contributed by atoms with Gasteiger partial charge in [-0.05, 0) is 180 Å². The average Bonchev–Trinajstić information content (AvgIpc) is 1.57. The molecule has 0 N–H and O–H groups in total. The Balaban J connectivity index is 0.818. The summed E-state index contributed by atoms with van der Waals surface area (Å²) in [4.78, 5) is 32.6. The second-order valence-electron chi connectivity index (χ2n) is 28.2. The number of anilines is 12. The topological polar surface area (TPSA) is 74.4 Å². The molecule has 6 aromatic heterocycles. The van der Waals surface area contributed by atoms with E-state index < -0.39 is 0 Å². The maximum atomic E-state index is 5.94. The Morgan fingerprint density at radius 1 is 0.182 bits per heavy atom. The largest absolute Gasteiger partial charge is 0.309 e. The van der Waals surface area contributed by atoms with Gasteiger partial charge < -0.3 is 14.4 Å². The summed E-state index contributed by atoms with van der Waals surface area (Å²) in [6.45, 7) is 0. The van der Waals surface area contributed by atoms with Crippen molar-refractivity contribution < 1.29 is 0 Å². The maximum absolute atomic E-state index is 5.94. The van der Waals surface area contributed by atoms with Gasteiger partial charge in [-0.25, -0.2) is 4.98 Å². The van der Waals surface area contributed by atoms with Gasteiger partial charge in [0, 0.05) is 84.4 Å². The highest BCUT2D eigenvalue weighted by atomic mass is 32.1. The molecule has 0 radical (unpaired) electrons. The second kappa shape index (κ2) is 24.6. The number of nitrogens with zero attached hydrogens (tertiary/aromatic N) is 10. The molecule has 10 nitrogen and oxygen atoms in total. The number of para-hydroxylation sites is 10. The molecule has 12 heteroatoms. The van der Waals surface area contributed by atoms with Crippen LogP contribution in [0.3, 0.4) is 0 Å². The highest BCUT2D eigenvalue weighted by Crippen LogP contribution is 2.57. The number of aromatic nitrogens is 6. The van der Waals surface area contributed by atoms with Gasteiger partial charge in [-0.15, -0.1) is 22.7 Å². The minimum Gasteiger partial charge on any atom is -0.309 e. The van der Waals surface area contributed by atoms with Gasteiger partial charge in [-0.1, -0.05) is 206 Å². The minimum atomic E-state index is 0.445. The number of benzene rings is 15. The first-order chi connectivity index (χ1) is 54.5. The van der Waals surface area contributed by atoms with E-state index in [1.165, 1.54) is 40.3 Å². The van der Waals surface area contributed by atoms with E-state index in [9.17, 15) is 0 Å². The van der Waals surface area contributed by atoms with Gasteiger partial charge in [0.15, 0.2) is 0 Å². The molecule has 15 aromatic carbocycles. The number of pyridine rings is 1. The molecule has 0 unspecified atom stereocenters. The van der Waals surface area contributed by atoms with Crippen molar-refractivity contribution in [2.24, 2.45) is 0 Å². The van der Waals surface area contributed by atoms with E-state index in [0.717, 1.165) is 151 Å². The van der Waals surface area contributed by atoms with E-state index >= 15 is 0 Å². The third-order valence-electron chi connectivity index (χ3n) is 22.0. The summed E-state index contributed by atoms with van der Waals surface area (Å²) >= 11 is 3.67. The molecule has 0 amide bonds. The summed E-state index contributed by atoms with van der Waals surface area (Å²) in [5.41, 5.74) is 22.9. The molecule has 23 rings (SSSR count). The quantitative estimate of drug-likeness (QED) is 0.134. The molecular formula is C98H60N10S2. The van der Waals surface area contributed by atoms with Gasteiger partial charge >= 0.3 is 0 Å². The summed E-state index contributed by atoms with van der Waals surface area (Å²) < 4.78 is 9.81. The first-order valence-electron chi connectivity index (χ1n) is 37.0. The van der Waals surface area contributed by atoms with Crippen LogP contribution in [0, 0.1) is 0 Å². The van der Waals surface area contributed by atoms with Crippen molar-refractivity contribution in [3.05, 3.63) is 364 Å². The van der Waals surface area contributed by atoms with Gasteiger partial charge in [0.1, 0.15) is 0 Å². The molecular weight excluding hydrogens is 1380 g/mol. The smallest absolute Gasteiger partial charge is 0.241 e. The van der Waals surface area contributed by atoms with E-state index in [1.807, 2.05) is 22.7 Å². The summed E-state index contributed by atoms with van der Waals surface area (Å²) in [7, 11) is 0. The Hall–Kier alpha value is -14.3. The molecule has 2 aliphatic heterocycles. The van der Waals surface area contributed by atoms with E-state index in [4.69, 9.17) is 19.9 Å². The molecule has 0 saturated heterocycles. The number of thiophene rings is 2. The van der Waals surface area contributed by atoms with Gasteiger partial charge in [0.05, 0.1) is 84.6 Å². The Labute approximate surface area is 640 Å².